The second kappa shape index (κ2) is 11.3. The van der Waals surface area contributed by atoms with E-state index < -0.39 is 11.5 Å². The molecule has 0 aliphatic carbocycles. The van der Waals surface area contributed by atoms with Crippen molar-refractivity contribution in [3.63, 3.8) is 0 Å². The maximum Gasteiger partial charge on any atom is 0.242 e. The highest BCUT2D eigenvalue weighted by Crippen LogP contribution is 2.42. The van der Waals surface area contributed by atoms with Crippen LogP contribution in [0.3, 0.4) is 0 Å². The van der Waals surface area contributed by atoms with E-state index in [0.717, 1.165) is 23.1 Å². The fourth-order valence-corrected chi connectivity index (χ4v) is 5.14. The normalized spacial score (nSPS) is 15.8. The van der Waals surface area contributed by atoms with E-state index in [0.29, 0.717) is 37.4 Å². The lowest BCUT2D eigenvalue weighted by Gasteiger charge is -2.44. The quantitative estimate of drug-likeness (QED) is 0.488. The third kappa shape index (κ3) is 4.94. The molecule has 188 valence electrons. The molecule has 1 aliphatic heterocycles. The minimum absolute atomic E-state index is 0.0197. The van der Waals surface area contributed by atoms with Gasteiger partial charge >= 0.3 is 0 Å². The maximum absolute atomic E-state index is 14.1. The molecule has 2 amide bonds. The predicted molar refractivity (Wildman–Crippen MR) is 140 cm³/mol. The SMILES string of the molecule is COc1ccc(CCNC(=O)C(C)N2CCCC(c3ccccc3)(c3ccccc3)C2=O)cc1OC. The van der Waals surface area contributed by atoms with Crippen LogP contribution in [-0.4, -0.2) is 50.1 Å². The van der Waals surface area contributed by atoms with Gasteiger partial charge in [0.05, 0.1) is 19.6 Å². The van der Waals surface area contributed by atoms with Crippen LogP contribution < -0.4 is 14.8 Å². The summed E-state index contributed by atoms with van der Waals surface area (Å²) in [6.07, 6.45) is 2.17. The summed E-state index contributed by atoms with van der Waals surface area (Å²) in [7, 11) is 3.21. The molecule has 3 aromatic rings. The summed E-state index contributed by atoms with van der Waals surface area (Å²) < 4.78 is 10.7. The molecule has 1 N–H and O–H groups in total. The van der Waals surface area contributed by atoms with Crippen LogP contribution in [0, 0.1) is 0 Å². The first-order chi connectivity index (χ1) is 17.5. The Kier molecular flexibility index (Phi) is 7.93. The van der Waals surface area contributed by atoms with Crippen LogP contribution in [0.25, 0.3) is 0 Å². The number of benzene rings is 3. The average molecular weight is 487 g/mol. The largest absolute Gasteiger partial charge is 0.493 e. The minimum Gasteiger partial charge on any atom is -0.493 e. The van der Waals surface area contributed by atoms with Crippen LogP contribution in [0.5, 0.6) is 11.5 Å². The summed E-state index contributed by atoms with van der Waals surface area (Å²) in [5, 5.41) is 3.02. The number of rotatable bonds is 9. The van der Waals surface area contributed by atoms with E-state index in [2.05, 4.69) is 5.32 Å². The Bertz CT molecular complexity index is 1140. The summed E-state index contributed by atoms with van der Waals surface area (Å²) in [4.78, 5) is 29.0. The fraction of sp³-hybridized carbons (Fsp3) is 0.333. The van der Waals surface area contributed by atoms with E-state index >= 15 is 0 Å². The van der Waals surface area contributed by atoms with Gasteiger partial charge in [0.2, 0.25) is 11.8 Å². The van der Waals surface area contributed by atoms with E-state index in [4.69, 9.17) is 9.47 Å². The third-order valence-electron chi connectivity index (χ3n) is 7.12. The van der Waals surface area contributed by atoms with Crippen molar-refractivity contribution in [2.45, 2.75) is 37.6 Å². The number of methoxy groups -OCH3 is 2. The zero-order valence-electron chi connectivity index (χ0n) is 21.2. The van der Waals surface area contributed by atoms with Crippen LogP contribution >= 0.6 is 0 Å². The number of carbonyl (C=O) groups excluding carboxylic acids is 2. The summed E-state index contributed by atoms with van der Waals surface area (Å²) in [6, 6.07) is 25.0. The van der Waals surface area contributed by atoms with E-state index in [1.165, 1.54) is 0 Å². The number of hydrogen-bond acceptors (Lipinski definition) is 4. The molecule has 0 aromatic heterocycles. The van der Waals surface area contributed by atoms with E-state index in [-0.39, 0.29) is 11.8 Å². The summed E-state index contributed by atoms with van der Waals surface area (Å²) in [5.41, 5.74) is 2.16. The first-order valence-electron chi connectivity index (χ1n) is 12.4. The molecule has 0 saturated carbocycles. The number of piperidine rings is 1. The van der Waals surface area contributed by atoms with Crippen molar-refractivity contribution < 1.29 is 19.1 Å². The predicted octanol–water partition coefficient (Wildman–Crippen LogP) is 4.36. The van der Waals surface area contributed by atoms with Crippen molar-refractivity contribution in [2.24, 2.45) is 0 Å². The van der Waals surface area contributed by atoms with Crippen LogP contribution in [0.15, 0.2) is 78.9 Å². The van der Waals surface area contributed by atoms with E-state index in [1.54, 1.807) is 19.1 Å². The van der Waals surface area contributed by atoms with Gasteiger partial charge in [0.1, 0.15) is 6.04 Å². The smallest absolute Gasteiger partial charge is 0.242 e. The molecule has 0 radical (unpaired) electrons. The molecule has 1 atom stereocenters. The molecule has 36 heavy (non-hydrogen) atoms. The van der Waals surface area contributed by atoms with Crippen molar-refractivity contribution in [3.05, 3.63) is 95.6 Å². The lowest BCUT2D eigenvalue weighted by molar-refractivity contribution is -0.146. The standard InChI is InChI=1S/C30H34N2O4/c1-22(28(33)31-19-17-23-15-16-26(35-2)27(21-23)36-3)32-20-10-18-30(29(32)34,24-11-6-4-7-12-24)25-13-8-5-9-14-25/h4-9,11-16,21-22H,10,17-20H2,1-3H3,(H,31,33). The molecule has 0 bridgehead atoms. The van der Waals surface area contributed by atoms with Crippen LogP contribution in [-0.2, 0) is 21.4 Å². The summed E-state index contributed by atoms with van der Waals surface area (Å²) in [6.45, 7) is 2.84. The highest BCUT2D eigenvalue weighted by molar-refractivity contribution is 5.96. The average Bonchev–Trinajstić information content (AvgIpc) is 2.93. The van der Waals surface area contributed by atoms with Gasteiger partial charge in [-0.05, 0) is 55.0 Å². The number of hydrogen-bond donors (Lipinski definition) is 1. The molecule has 4 rings (SSSR count). The Morgan fingerprint density at radius 2 is 1.56 bits per heavy atom. The number of ether oxygens (including phenoxy) is 2. The topological polar surface area (TPSA) is 67.9 Å². The van der Waals surface area contributed by atoms with Crippen molar-refractivity contribution in [2.75, 3.05) is 27.3 Å². The Morgan fingerprint density at radius 1 is 0.944 bits per heavy atom. The monoisotopic (exact) mass is 486 g/mol. The first-order valence-corrected chi connectivity index (χ1v) is 12.4. The molecule has 6 heteroatoms. The number of amides is 2. The Hall–Kier alpha value is -3.80. The number of likely N-dealkylation sites (tertiary alicyclic amines) is 1. The van der Waals surface area contributed by atoms with Crippen molar-refractivity contribution in [1.29, 1.82) is 0 Å². The lowest BCUT2D eigenvalue weighted by atomic mass is 9.68. The van der Waals surface area contributed by atoms with Gasteiger partial charge in [0, 0.05) is 13.1 Å². The summed E-state index contributed by atoms with van der Waals surface area (Å²) in [5.74, 6) is 1.16. The van der Waals surface area contributed by atoms with Gasteiger partial charge in [-0.15, -0.1) is 0 Å². The zero-order valence-corrected chi connectivity index (χ0v) is 21.2. The van der Waals surface area contributed by atoms with E-state index in [1.807, 2.05) is 85.8 Å². The molecule has 0 spiro atoms. The Balaban J connectivity index is 1.49. The number of nitrogens with zero attached hydrogens (tertiary/aromatic N) is 1. The summed E-state index contributed by atoms with van der Waals surface area (Å²) >= 11 is 0. The van der Waals surface area contributed by atoms with Gasteiger partial charge in [0.25, 0.3) is 0 Å². The number of carbonyl (C=O) groups is 2. The van der Waals surface area contributed by atoms with Crippen molar-refractivity contribution >= 4 is 11.8 Å². The fourth-order valence-electron chi connectivity index (χ4n) is 5.14. The molecule has 1 fully saturated rings. The third-order valence-corrected chi connectivity index (χ3v) is 7.12. The molecule has 3 aromatic carbocycles. The zero-order chi connectivity index (χ0) is 25.5. The second-order valence-corrected chi connectivity index (χ2v) is 9.15. The first kappa shape index (κ1) is 25.3. The Morgan fingerprint density at radius 3 is 2.14 bits per heavy atom. The maximum atomic E-state index is 14.1. The van der Waals surface area contributed by atoms with Crippen molar-refractivity contribution in [1.82, 2.24) is 10.2 Å². The van der Waals surface area contributed by atoms with Gasteiger partial charge in [0.15, 0.2) is 11.5 Å². The molecular formula is C30H34N2O4. The molecular weight excluding hydrogens is 452 g/mol. The molecule has 6 nitrogen and oxygen atoms in total. The molecule has 1 saturated heterocycles. The van der Waals surface area contributed by atoms with Crippen LogP contribution in [0.1, 0.15) is 36.5 Å². The molecule has 1 aliphatic rings. The van der Waals surface area contributed by atoms with Crippen molar-refractivity contribution in [3.8, 4) is 11.5 Å². The van der Waals surface area contributed by atoms with Gasteiger partial charge in [-0.1, -0.05) is 66.7 Å². The Labute approximate surface area is 213 Å². The minimum atomic E-state index is -0.797. The number of nitrogens with one attached hydrogen (secondary N) is 1. The highest BCUT2D eigenvalue weighted by atomic mass is 16.5. The van der Waals surface area contributed by atoms with Crippen LogP contribution in [0.2, 0.25) is 0 Å². The van der Waals surface area contributed by atoms with Gasteiger partial charge in [-0.25, -0.2) is 0 Å². The lowest BCUT2D eigenvalue weighted by Crippen LogP contribution is -2.58. The van der Waals surface area contributed by atoms with Gasteiger partial charge in [-0.3, -0.25) is 9.59 Å². The highest BCUT2D eigenvalue weighted by Gasteiger charge is 2.48. The van der Waals surface area contributed by atoms with E-state index in [9.17, 15) is 9.59 Å². The van der Waals surface area contributed by atoms with Gasteiger partial charge < -0.3 is 19.7 Å². The second-order valence-electron chi connectivity index (χ2n) is 9.15. The van der Waals surface area contributed by atoms with Gasteiger partial charge in [-0.2, -0.15) is 0 Å². The molecule has 1 heterocycles. The van der Waals surface area contributed by atoms with Crippen LogP contribution in [0.4, 0.5) is 0 Å². The molecule has 1 unspecified atom stereocenters.